The maximum atomic E-state index is 13.6. The van der Waals surface area contributed by atoms with Gasteiger partial charge in [-0.25, -0.2) is 8.78 Å². The molecule has 1 atom stereocenters. The molecule has 19 heavy (non-hydrogen) atoms. The first-order valence-electron chi connectivity index (χ1n) is 5.49. The van der Waals surface area contributed by atoms with Crippen molar-refractivity contribution in [3.05, 3.63) is 64.2 Å². The first-order chi connectivity index (χ1) is 9.02. The van der Waals surface area contributed by atoms with Crippen LogP contribution in [0.5, 0.6) is 5.75 Å². The molecular weight excluding hydrogens is 274 g/mol. The molecule has 2 aromatic rings. The van der Waals surface area contributed by atoms with Gasteiger partial charge in [0.15, 0.2) is 11.6 Å². The summed E-state index contributed by atoms with van der Waals surface area (Å²) >= 11 is 5.89. The van der Waals surface area contributed by atoms with Crippen LogP contribution in [0.25, 0.3) is 0 Å². The van der Waals surface area contributed by atoms with Crippen molar-refractivity contribution < 1.29 is 18.6 Å². The first kappa shape index (κ1) is 13.8. The molecule has 0 radical (unpaired) electrons. The summed E-state index contributed by atoms with van der Waals surface area (Å²) in [6.07, 6.45) is -1.20. The molecule has 2 nitrogen and oxygen atoms in total. The van der Waals surface area contributed by atoms with Crippen molar-refractivity contribution in [1.82, 2.24) is 0 Å². The maximum Gasteiger partial charge on any atom is 0.165 e. The van der Waals surface area contributed by atoms with Crippen LogP contribution in [0.2, 0.25) is 5.02 Å². The average molecular weight is 285 g/mol. The molecular formula is C14H11ClF2O2. The summed E-state index contributed by atoms with van der Waals surface area (Å²) in [5.41, 5.74) is 0.456. The minimum Gasteiger partial charge on any atom is -0.494 e. The van der Waals surface area contributed by atoms with Gasteiger partial charge in [-0.1, -0.05) is 17.7 Å². The van der Waals surface area contributed by atoms with Crippen LogP contribution in [-0.2, 0) is 0 Å². The molecule has 0 fully saturated rings. The third-order valence-electron chi connectivity index (χ3n) is 2.74. The van der Waals surface area contributed by atoms with E-state index in [1.807, 2.05) is 0 Å². The summed E-state index contributed by atoms with van der Waals surface area (Å²) in [5.74, 6) is -1.06. The molecule has 0 heterocycles. The summed E-state index contributed by atoms with van der Waals surface area (Å²) < 4.78 is 31.5. The van der Waals surface area contributed by atoms with Gasteiger partial charge in [-0.05, 0) is 35.9 Å². The lowest BCUT2D eigenvalue weighted by Gasteiger charge is -2.14. The minimum atomic E-state index is -1.20. The van der Waals surface area contributed by atoms with Crippen LogP contribution in [0.3, 0.4) is 0 Å². The molecule has 0 saturated heterocycles. The average Bonchev–Trinajstić information content (AvgIpc) is 2.40. The molecule has 0 spiro atoms. The van der Waals surface area contributed by atoms with E-state index in [4.69, 9.17) is 16.3 Å². The van der Waals surface area contributed by atoms with E-state index < -0.39 is 17.7 Å². The molecule has 0 aliphatic carbocycles. The molecule has 0 bridgehead atoms. The van der Waals surface area contributed by atoms with Gasteiger partial charge >= 0.3 is 0 Å². The van der Waals surface area contributed by atoms with E-state index in [0.717, 1.165) is 12.1 Å². The Kier molecular flexibility index (Phi) is 4.02. The molecule has 1 unspecified atom stereocenters. The van der Waals surface area contributed by atoms with Crippen LogP contribution >= 0.6 is 11.6 Å². The number of rotatable bonds is 3. The van der Waals surface area contributed by atoms with E-state index in [-0.39, 0.29) is 21.9 Å². The monoisotopic (exact) mass is 284 g/mol. The quantitative estimate of drug-likeness (QED) is 0.931. The predicted octanol–water partition coefficient (Wildman–Crippen LogP) is 3.71. The molecule has 1 N–H and O–H groups in total. The van der Waals surface area contributed by atoms with Gasteiger partial charge in [0.05, 0.1) is 7.11 Å². The van der Waals surface area contributed by atoms with E-state index in [2.05, 4.69) is 0 Å². The Morgan fingerprint density at radius 2 is 1.89 bits per heavy atom. The Balaban J connectivity index is 2.41. The van der Waals surface area contributed by atoms with Crippen molar-refractivity contribution in [1.29, 1.82) is 0 Å². The highest BCUT2D eigenvalue weighted by Crippen LogP contribution is 2.30. The van der Waals surface area contributed by atoms with Gasteiger partial charge in [0.2, 0.25) is 0 Å². The Morgan fingerprint density at radius 3 is 2.53 bits per heavy atom. The highest BCUT2D eigenvalue weighted by molar-refractivity contribution is 6.31. The lowest BCUT2D eigenvalue weighted by atomic mass is 10.0. The lowest BCUT2D eigenvalue weighted by molar-refractivity contribution is 0.219. The zero-order valence-corrected chi connectivity index (χ0v) is 10.8. The van der Waals surface area contributed by atoms with Gasteiger partial charge in [0, 0.05) is 10.6 Å². The summed E-state index contributed by atoms with van der Waals surface area (Å²) in [7, 11) is 1.35. The molecule has 100 valence electrons. The zero-order valence-electron chi connectivity index (χ0n) is 10.0. The summed E-state index contributed by atoms with van der Waals surface area (Å²) in [4.78, 5) is 0. The fourth-order valence-corrected chi connectivity index (χ4v) is 1.98. The molecule has 0 aliphatic rings. The van der Waals surface area contributed by atoms with E-state index in [9.17, 15) is 13.9 Å². The lowest BCUT2D eigenvalue weighted by Crippen LogP contribution is -2.02. The fraction of sp³-hybridized carbons (Fsp3) is 0.143. The van der Waals surface area contributed by atoms with Crippen molar-refractivity contribution in [3.8, 4) is 5.75 Å². The third kappa shape index (κ3) is 2.85. The second kappa shape index (κ2) is 5.55. The van der Waals surface area contributed by atoms with Crippen LogP contribution in [0.1, 0.15) is 17.2 Å². The molecule has 2 aromatic carbocycles. The van der Waals surface area contributed by atoms with Crippen molar-refractivity contribution in [2.75, 3.05) is 7.11 Å². The normalized spacial score (nSPS) is 12.3. The Bertz CT molecular complexity index is 602. The third-order valence-corrected chi connectivity index (χ3v) is 3.09. The number of halogens is 3. The van der Waals surface area contributed by atoms with E-state index >= 15 is 0 Å². The van der Waals surface area contributed by atoms with Crippen molar-refractivity contribution in [3.63, 3.8) is 0 Å². The fourth-order valence-electron chi connectivity index (χ4n) is 1.76. The SMILES string of the molecule is COc1ccc(C(O)c2cc(F)ccc2Cl)cc1F. The van der Waals surface area contributed by atoms with Gasteiger partial charge < -0.3 is 9.84 Å². The van der Waals surface area contributed by atoms with Gasteiger partial charge in [-0.15, -0.1) is 0 Å². The van der Waals surface area contributed by atoms with E-state index in [1.54, 1.807) is 0 Å². The standard InChI is InChI=1S/C14H11ClF2O2/c1-19-13-5-2-8(6-12(13)17)14(18)10-7-9(16)3-4-11(10)15/h2-7,14,18H,1H3. The second-order valence-electron chi connectivity index (χ2n) is 3.96. The maximum absolute atomic E-state index is 13.6. The van der Waals surface area contributed by atoms with Crippen molar-refractivity contribution in [2.24, 2.45) is 0 Å². The zero-order chi connectivity index (χ0) is 14.0. The van der Waals surface area contributed by atoms with E-state index in [1.165, 1.54) is 31.4 Å². The van der Waals surface area contributed by atoms with Crippen LogP contribution in [0.4, 0.5) is 8.78 Å². The number of aliphatic hydroxyl groups is 1. The Labute approximate surface area is 114 Å². The van der Waals surface area contributed by atoms with Gasteiger partial charge in [-0.2, -0.15) is 0 Å². The number of aliphatic hydroxyl groups excluding tert-OH is 1. The second-order valence-corrected chi connectivity index (χ2v) is 4.37. The Hall–Kier alpha value is -1.65. The smallest absolute Gasteiger partial charge is 0.165 e. The largest absolute Gasteiger partial charge is 0.494 e. The summed E-state index contributed by atoms with van der Waals surface area (Å²) in [5, 5.41) is 10.3. The number of benzene rings is 2. The minimum absolute atomic E-state index is 0.0706. The highest BCUT2D eigenvalue weighted by Gasteiger charge is 2.16. The molecule has 2 rings (SSSR count). The Morgan fingerprint density at radius 1 is 1.16 bits per heavy atom. The van der Waals surface area contributed by atoms with Crippen LogP contribution in [0.15, 0.2) is 36.4 Å². The molecule has 0 saturated carbocycles. The topological polar surface area (TPSA) is 29.5 Å². The van der Waals surface area contributed by atoms with Crippen LogP contribution in [0, 0.1) is 11.6 Å². The number of hydrogen-bond donors (Lipinski definition) is 1. The highest BCUT2D eigenvalue weighted by atomic mass is 35.5. The summed E-state index contributed by atoms with van der Waals surface area (Å²) in [6.45, 7) is 0. The number of ether oxygens (including phenoxy) is 1. The van der Waals surface area contributed by atoms with Crippen LogP contribution < -0.4 is 4.74 Å². The predicted molar refractivity (Wildman–Crippen MR) is 68.4 cm³/mol. The van der Waals surface area contributed by atoms with Crippen molar-refractivity contribution >= 4 is 11.6 Å². The molecule has 0 aromatic heterocycles. The van der Waals surface area contributed by atoms with Gasteiger partial charge in [0.25, 0.3) is 0 Å². The summed E-state index contributed by atoms with van der Waals surface area (Å²) in [6, 6.07) is 7.66. The van der Waals surface area contributed by atoms with Gasteiger partial charge in [-0.3, -0.25) is 0 Å². The molecule has 0 aliphatic heterocycles. The van der Waals surface area contributed by atoms with Crippen LogP contribution in [-0.4, -0.2) is 12.2 Å². The number of methoxy groups -OCH3 is 1. The van der Waals surface area contributed by atoms with Gasteiger partial charge in [0.1, 0.15) is 11.9 Å². The van der Waals surface area contributed by atoms with E-state index in [0.29, 0.717) is 0 Å². The number of hydrogen-bond acceptors (Lipinski definition) is 2. The van der Waals surface area contributed by atoms with Crippen molar-refractivity contribution in [2.45, 2.75) is 6.10 Å². The molecule has 5 heteroatoms. The molecule has 0 amide bonds. The first-order valence-corrected chi connectivity index (χ1v) is 5.87.